The van der Waals surface area contributed by atoms with E-state index in [4.69, 9.17) is 9.97 Å². The van der Waals surface area contributed by atoms with Crippen molar-refractivity contribution in [1.82, 2.24) is 15.3 Å². The van der Waals surface area contributed by atoms with Gasteiger partial charge in [0, 0.05) is 38.1 Å². The predicted molar refractivity (Wildman–Crippen MR) is 152 cm³/mol. The quantitative estimate of drug-likeness (QED) is 0.274. The lowest BCUT2D eigenvalue weighted by Crippen LogP contribution is -2.37. The Bertz CT molecular complexity index is 1520. The highest BCUT2D eigenvalue weighted by Crippen LogP contribution is 2.30. The molecule has 5 aromatic rings. The van der Waals surface area contributed by atoms with Crippen molar-refractivity contribution >= 4 is 44.2 Å². The van der Waals surface area contributed by atoms with Gasteiger partial charge in [-0.1, -0.05) is 60.7 Å². The van der Waals surface area contributed by atoms with Crippen LogP contribution in [0.4, 0.5) is 11.8 Å². The van der Waals surface area contributed by atoms with Crippen molar-refractivity contribution in [3.8, 4) is 0 Å². The average molecular weight is 476 g/mol. The molecule has 4 aromatic carbocycles. The lowest BCUT2D eigenvalue weighted by molar-refractivity contribution is 0.352. The standard InChI is InChI=1S/C31H33N5/c1-36(2)30-28-13-7-8-14-29(28)34-31(35-30)33-24-17-15-23(16-18-24)32-20-22-19-21-9-3-4-10-25(21)27-12-6-5-11-26(22)27/h3-14,19,23-24,32H,15-18,20H2,1-2H3,(H,33,34,35). The van der Waals surface area contributed by atoms with Crippen molar-refractivity contribution in [1.29, 1.82) is 0 Å². The fraction of sp³-hybridized carbons (Fsp3) is 0.290. The molecule has 2 N–H and O–H groups in total. The van der Waals surface area contributed by atoms with Crippen LogP contribution in [0.2, 0.25) is 0 Å². The number of hydrogen-bond donors (Lipinski definition) is 2. The van der Waals surface area contributed by atoms with Gasteiger partial charge in [0.15, 0.2) is 0 Å². The second-order valence-corrected chi connectivity index (χ2v) is 10.2. The van der Waals surface area contributed by atoms with Crippen LogP contribution in [0, 0.1) is 0 Å². The monoisotopic (exact) mass is 475 g/mol. The van der Waals surface area contributed by atoms with Crippen molar-refractivity contribution in [2.75, 3.05) is 24.3 Å². The first-order chi connectivity index (χ1) is 17.7. The molecule has 1 fully saturated rings. The normalized spacial score (nSPS) is 18.1. The number of para-hydroxylation sites is 1. The highest BCUT2D eigenvalue weighted by molar-refractivity contribution is 6.08. The number of fused-ring (bicyclic) bond motifs is 4. The van der Waals surface area contributed by atoms with Crippen molar-refractivity contribution in [2.24, 2.45) is 0 Å². The van der Waals surface area contributed by atoms with Crippen molar-refractivity contribution in [3.63, 3.8) is 0 Å². The molecule has 36 heavy (non-hydrogen) atoms. The van der Waals surface area contributed by atoms with E-state index in [-0.39, 0.29) is 0 Å². The van der Waals surface area contributed by atoms with Gasteiger partial charge in [-0.15, -0.1) is 0 Å². The molecule has 5 heteroatoms. The summed E-state index contributed by atoms with van der Waals surface area (Å²) < 4.78 is 0. The van der Waals surface area contributed by atoms with Gasteiger partial charge in [-0.3, -0.25) is 0 Å². The van der Waals surface area contributed by atoms with Crippen LogP contribution in [0.1, 0.15) is 31.2 Å². The third-order valence-electron chi connectivity index (χ3n) is 7.50. The van der Waals surface area contributed by atoms with E-state index >= 15 is 0 Å². The Morgan fingerprint density at radius 2 is 1.36 bits per heavy atom. The third-order valence-corrected chi connectivity index (χ3v) is 7.50. The first kappa shape index (κ1) is 22.7. The Morgan fingerprint density at radius 1 is 0.722 bits per heavy atom. The lowest BCUT2D eigenvalue weighted by atomic mass is 9.90. The molecule has 1 aromatic heterocycles. The zero-order chi connectivity index (χ0) is 24.5. The maximum absolute atomic E-state index is 4.83. The molecule has 1 heterocycles. The van der Waals surface area contributed by atoms with Crippen LogP contribution in [-0.4, -0.2) is 36.1 Å². The molecule has 0 aliphatic heterocycles. The zero-order valence-electron chi connectivity index (χ0n) is 21.0. The third kappa shape index (κ3) is 4.47. The molecule has 0 radical (unpaired) electrons. The number of nitrogens with one attached hydrogen (secondary N) is 2. The topological polar surface area (TPSA) is 53.1 Å². The Labute approximate surface area is 212 Å². The van der Waals surface area contributed by atoms with Crippen LogP contribution in [0.15, 0.2) is 78.9 Å². The number of nitrogens with zero attached hydrogens (tertiary/aromatic N) is 3. The predicted octanol–water partition coefficient (Wildman–Crippen LogP) is 6.52. The van der Waals surface area contributed by atoms with E-state index in [0.29, 0.717) is 12.1 Å². The maximum atomic E-state index is 4.83. The molecule has 0 unspecified atom stereocenters. The minimum Gasteiger partial charge on any atom is -0.362 e. The van der Waals surface area contributed by atoms with Gasteiger partial charge >= 0.3 is 0 Å². The summed E-state index contributed by atoms with van der Waals surface area (Å²) in [5, 5.41) is 13.9. The minimum atomic E-state index is 0.403. The van der Waals surface area contributed by atoms with Gasteiger partial charge in [0.2, 0.25) is 5.95 Å². The average Bonchev–Trinajstić information content (AvgIpc) is 2.92. The number of benzene rings is 4. The zero-order valence-corrected chi connectivity index (χ0v) is 21.0. The summed E-state index contributed by atoms with van der Waals surface area (Å²) in [7, 11) is 4.07. The van der Waals surface area contributed by atoms with E-state index < -0.39 is 0 Å². The van der Waals surface area contributed by atoms with Crippen LogP contribution < -0.4 is 15.5 Å². The fourth-order valence-corrected chi connectivity index (χ4v) is 5.62. The van der Waals surface area contributed by atoms with E-state index in [2.05, 4.69) is 82.3 Å². The largest absolute Gasteiger partial charge is 0.362 e. The summed E-state index contributed by atoms with van der Waals surface area (Å²) in [6.07, 6.45) is 4.53. The summed E-state index contributed by atoms with van der Waals surface area (Å²) in [5.41, 5.74) is 2.36. The molecule has 0 atom stereocenters. The van der Waals surface area contributed by atoms with Crippen molar-refractivity contribution in [2.45, 2.75) is 44.3 Å². The molecule has 6 rings (SSSR count). The van der Waals surface area contributed by atoms with Crippen LogP contribution in [-0.2, 0) is 6.54 Å². The Kier molecular flexibility index (Phi) is 6.16. The van der Waals surface area contributed by atoms with Crippen LogP contribution in [0.5, 0.6) is 0 Å². The molecule has 0 bridgehead atoms. The van der Waals surface area contributed by atoms with E-state index in [1.165, 1.54) is 27.1 Å². The van der Waals surface area contributed by atoms with E-state index in [9.17, 15) is 0 Å². The molecular formula is C31H33N5. The summed E-state index contributed by atoms with van der Waals surface area (Å²) in [5.74, 6) is 1.69. The number of hydrogen-bond acceptors (Lipinski definition) is 5. The summed E-state index contributed by atoms with van der Waals surface area (Å²) in [4.78, 5) is 11.7. The van der Waals surface area contributed by atoms with Gasteiger partial charge in [-0.05, 0) is 71.0 Å². The molecule has 1 saturated carbocycles. The number of aromatic nitrogens is 2. The van der Waals surface area contributed by atoms with Crippen molar-refractivity contribution < 1.29 is 0 Å². The minimum absolute atomic E-state index is 0.403. The van der Waals surface area contributed by atoms with Gasteiger partial charge in [0.1, 0.15) is 5.82 Å². The second kappa shape index (κ2) is 9.75. The van der Waals surface area contributed by atoms with Crippen LogP contribution in [0.3, 0.4) is 0 Å². The molecule has 1 aliphatic carbocycles. The van der Waals surface area contributed by atoms with Gasteiger partial charge in [-0.25, -0.2) is 4.98 Å². The summed E-state index contributed by atoms with van der Waals surface area (Å²) in [6, 6.07) is 29.0. The fourth-order valence-electron chi connectivity index (χ4n) is 5.62. The van der Waals surface area contributed by atoms with Crippen LogP contribution in [0.25, 0.3) is 32.4 Å². The van der Waals surface area contributed by atoms with Crippen molar-refractivity contribution in [3.05, 3.63) is 84.4 Å². The molecule has 182 valence electrons. The highest BCUT2D eigenvalue weighted by atomic mass is 15.2. The highest BCUT2D eigenvalue weighted by Gasteiger charge is 2.22. The molecule has 5 nitrogen and oxygen atoms in total. The van der Waals surface area contributed by atoms with Gasteiger partial charge in [0.05, 0.1) is 5.52 Å². The molecule has 0 saturated heterocycles. The molecule has 0 amide bonds. The molecule has 0 spiro atoms. The van der Waals surface area contributed by atoms with E-state index in [1.54, 1.807) is 0 Å². The second-order valence-electron chi connectivity index (χ2n) is 10.2. The summed E-state index contributed by atoms with van der Waals surface area (Å²) in [6.45, 7) is 0.897. The van der Waals surface area contributed by atoms with E-state index in [0.717, 1.165) is 54.9 Å². The SMILES string of the molecule is CN(C)c1nc(NC2CCC(NCc3cc4ccccc4c4ccccc34)CC2)nc2ccccc12. The lowest BCUT2D eigenvalue weighted by Gasteiger charge is -2.30. The Balaban J connectivity index is 1.12. The van der Waals surface area contributed by atoms with E-state index in [1.807, 2.05) is 26.2 Å². The van der Waals surface area contributed by atoms with Gasteiger partial charge < -0.3 is 15.5 Å². The van der Waals surface area contributed by atoms with Gasteiger partial charge in [0.25, 0.3) is 0 Å². The van der Waals surface area contributed by atoms with Crippen LogP contribution >= 0.6 is 0 Å². The molecular weight excluding hydrogens is 442 g/mol. The number of anilines is 2. The first-order valence-electron chi connectivity index (χ1n) is 13.0. The first-order valence-corrected chi connectivity index (χ1v) is 13.0. The number of rotatable bonds is 6. The Hall–Kier alpha value is -3.70. The Morgan fingerprint density at radius 3 is 2.14 bits per heavy atom. The molecule has 1 aliphatic rings. The maximum Gasteiger partial charge on any atom is 0.225 e. The van der Waals surface area contributed by atoms with Gasteiger partial charge in [-0.2, -0.15) is 4.98 Å². The summed E-state index contributed by atoms with van der Waals surface area (Å²) >= 11 is 0. The smallest absolute Gasteiger partial charge is 0.225 e.